The van der Waals surface area contributed by atoms with Crippen molar-refractivity contribution in [1.29, 1.82) is 0 Å². The summed E-state index contributed by atoms with van der Waals surface area (Å²) in [6, 6.07) is 25.0. The topological polar surface area (TPSA) is 18.5 Å². The molecule has 0 N–H and O–H groups in total. The Morgan fingerprint density at radius 2 is 1.59 bits per heavy atom. The molecule has 0 radical (unpaired) electrons. The number of fused-ring (bicyclic) bond motifs is 1. The van der Waals surface area contributed by atoms with Gasteiger partial charge in [-0.25, -0.2) is 0 Å². The molecule has 4 rings (SSSR count). The number of benzene rings is 3. The molecule has 0 atom stereocenters. The Bertz CT molecular complexity index is 993. The fourth-order valence-corrected chi connectivity index (χ4v) is 3.30. The van der Waals surface area contributed by atoms with E-state index < -0.39 is 0 Å². The van der Waals surface area contributed by atoms with Crippen LogP contribution in [0, 0.1) is 6.92 Å². The molecule has 0 bridgehead atoms. The molecule has 2 heteroatoms. The van der Waals surface area contributed by atoms with Gasteiger partial charge in [0.1, 0.15) is 18.1 Å². The zero-order valence-corrected chi connectivity index (χ0v) is 15.6. The van der Waals surface area contributed by atoms with Gasteiger partial charge in [-0.15, -0.1) is 0 Å². The number of rotatable bonds is 4. The lowest BCUT2D eigenvalue weighted by atomic mass is 9.90. The smallest absolute Gasteiger partial charge is 0.127 e. The summed E-state index contributed by atoms with van der Waals surface area (Å²) in [6.45, 7) is 2.66. The maximum atomic E-state index is 6.01. The Kier molecular flexibility index (Phi) is 4.80. The molecular formula is C25H22O2. The Labute approximate surface area is 160 Å². The third kappa shape index (κ3) is 3.65. The van der Waals surface area contributed by atoms with Gasteiger partial charge in [-0.2, -0.15) is 0 Å². The van der Waals surface area contributed by atoms with Crippen LogP contribution in [0.5, 0.6) is 11.5 Å². The minimum Gasteiger partial charge on any atom is -0.497 e. The Balaban J connectivity index is 1.80. The highest BCUT2D eigenvalue weighted by molar-refractivity contribution is 5.88. The third-order valence-corrected chi connectivity index (χ3v) is 4.79. The zero-order valence-electron chi connectivity index (χ0n) is 15.6. The predicted molar refractivity (Wildman–Crippen MR) is 111 cm³/mol. The van der Waals surface area contributed by atoms with E-state index in [2.05, 4.69) is 67.6 Å². The van der Waals surface area contributed by atoms with Crippen LogP contribution in [0.25, 0.3) is 11.6 Å². The summed E-state index contributed by atoms with van der Waals surface area (Å²) in [7, 11) is 1.69. The predicted octanol–water partition coefficient (Wildman–Crippen LogP) is 5.91. The minimum atomic E-state index is 0.556. The monoisotopic (exact) mass is 354 g/mol. The first kappa shape index (κ1) is 17.2. The van der Waals surface area contributed by atoms with E-state index in [1.807, 2.05) is 24.3 Å². The van der Waals surface area contributed by atoms with Crippen LogP contribution in [0.2, 0.25) is 0 Å². The van der Waals surface area contributed by atoms with Crippen LogP contribution in [-0.4, -0.2) is 13.7 Å². The third-order valence-electron chi connectivity index (χ3n) is 4.79. The van der Waals surface area contributed by atoms with Crippen molar-refractivity contribution in [2.45, 2.75) is 6.92 Å². The summed E-state index contributed by atoms with van der Waals surface area (Å²) in [5.74, 6) is 1.78. The second-order valence-corrected chi connectivity index (χ2v) is 6.66. The number of hydrogen-bond acceptors (Lipinski definition) is 2. The summed E-state index contributed by atoms with van der Waals surface area (Å²) >= 11 is 0. The first-order valence-electron chi connectivity index (χ1n) is 9.09. The molecule has 0 fully saturated rings. The first-order chi connectivity index (χ1) is 13.2. The van der Waals surface area contributed by atoms with Crippen LogP contribution in [0.15, 0.2) is 84.4 Å². The van der Waals surface area contributed by atoms with Crippen molar-refractivity contribution in [3.8, 4) is 11.5 Å². The second kappa shape index (κ2) is 7.55. The van der Waals surface area contributed by atoms with E-state index >= 15 is 0 Å². The summed E-state index contributed by atoms with van der Waals surface area (Å²) < 4.78 is 11.3. The van der Waals surface area contributed by atoms with Crippen molar-refractivity contribution in [1.82, 2.24) is 0 Å². The van der Waals surface area contributed by atoms with Crippen molar-refractivity contribution in [3.63, 3.8) is 0 Å². The number of aryl methyl sites for hydroxylation is 1. The normalized spacial score (nSPS) is 13.4. The summed E-state index contributed by atoms with van der Waals surface area (Å²) in [4.78, 5) is 0. The van der Waals surface area contributed by atoms with E-state index in [1.54, 1.807) is 7.11 Å². The molecular weight excluding hydrogens is 332 g/mol. The van der Waals surface area contributed by atoms with Crippen molar-refractivity contribution >= 4 is 11.6 Å². The molecule has 0 aliphatic carbocycles. The highest BCUT2D eigenvalue weighted by Gasteiger charge is 2.19. The largest absolute Gasteiger partial charge is 0.497 e. The van der Waals surface area contributed by atoms with E-state index in [0.29, 0.717) is 6.61 Å². The van der Waals surface area contributed by atoms with Gasteiger partial charge in [0.05, 0.1) is 7.11 Å². The molecule has 0 unspecified atom stereocenters. The van der Waals surface area contributed by atoms with Crippen LogP contribution in [0.4, 0.5) is 0 Å². The van der Waals surface area contributed by atoms with Gasteiger partial charge in [0, 0.05) is 5.56 Å². The van der Waals surface area contributed by atoms with Gasteiger partial charge in [-0.3, -0.25) is 0 Å². The zero-order chi connectivity index (χ0) is 18.6. The van der Waals surface area contributed by atoms with Gasteiger partial charge in [-0.05, 0) is 47.4 Å². The summed E-state index contributed by atoms with van der Waals surface area (Å²) in [5.41, 5.74) is 7.11. The van der Waals surface area contributed by atoms with Gasteiger partial charge in [0.25, 0.3) is 0 Å². The Morgan fingerprint density at radius 3 is 2.33 bits per heavy atom. The molecule has 134 valence electrons. The lowest BCUT2D eigenvalue weighted by molar-refractivity contribution is 0.350. The molecule has 27 heavy (non-hydrogen) atoms. The van der Waals surface area contributed by atoms with Gasteiger partial charge < -0.3 is 9.47 Å². The van der Waals surface area contributed by atoms with E-state index in [9.17, 15) is 0 Å². The average Bonchev–Trinajstić information content (AvgIpc) is 2.73. The molecule has 0 spiro atoms. The van der Waals surface area contributed by atoms with Crippen molar-refractivity contribution in [3.05, 3.63) is 107 Å². The van der Waals surface area contributed by atoms with Crippen molar-refractivity contribution in [2.75, 3.05) is 13.7 Å². The average molecular weight is 354 g/mol. The molecule has 1 aliphatic heterocycles. The van der Waals surface area contributed by atoms with Crippen molar-refractivity contribution in [2.24, 2.45) is 0 Å². The van der Waals surface area contributed by atoms with E-state index in [0.717, 1.165) is 22.6 Å². The fourth-order valence-electron chi connectivity index (χ4n) is 3.30. The Hall–Kier alpha value is -3.26. The molecule has 3 aromatic rings. The molecule has 0 amide bonds. The summed E-state index contributed by atoms with van der Waals surface area (Å²) in [5, 5.41) is 0. The number of ether oxygens (including phenoxy) is 2. The molecule has 2 nitrogen and oxygen atoms in total. The number of hydrogen-bond donors (Lipinski definition) is 0. The van der Waals surface area contributed by atoms with Crippen LogP contribution in [-0.2, 0) is 0 Å². The van der Waals surface area contributed by atoms with Crippen LogP contribution >= 0.6 is 0 Å². The van der Waals surface area contributed by atoms with E-state index in [1.165, 1.54) is 22.3 Å². The van der Waals surface area contributed by atoms with E-state index in [-0.39, 0.29) is 0 Å². The molecule has 0 saturated heterocycles. The standard InChI is InChI=1S/C25H22O2/c1-18-7-9-19(10-8-18)11-12-21-17-27-24-6-4-3-5-23(24)25(21)20-13-15-22(26-2)16-14-20/h3-16H,17H2,1-2H3/b12-11+. The first-order valence-corrected chi connectivity index (χ1v) is 9.09. The second-order valence-electron chi connectivity index (χ2n) is 6.66. The Morgan fingerprint density at radius 1 is 0.852 bits per heavy atom. The molecule has 0 saturated carbocycles. The van der Waals surface area contributed by atoms with Crippen molar-refractivity contribution < 1.29 is 9.47 Å². The quantitative estimate of drug-likeness (QED) is 0.580. The maximum absolute atomic E-state index is 6.01. The fraction of sp³-hybridized carbons (Fsp3) is 0.120. The molecule has 3 aromatic carbocycles. The highest BCUT2D eigenvalue weighted by atomic mass is 16.5. The SMILES string of the molecule is COc1ccc(C2=C(/C=C/c3ccc(C)cc3)COc3ccccc32)cc1. The van der Waals surface area contributed by atoms with Gasteiger partial charge in [0.15, 0.2) is 0 Å². The van der Waals surface area contributed by atoms with Gasteiger partial charge in [-0.1, -0.05) is 72.3 Å². The molecule has 0 aromatic heterocycles. The lowest BCUT2D eigenvalue weighted by Crippen LogP contribution is -2.11. The minimum absolute atomic E-state index is 0.556. The van der Waals surface area contributed by atoms with Crippen LogP contribution in [0.1, 0.15) is 22.3 Å². The highest BCUT2D eigenvalue weighted by Crippen LogP contribution is 2.38. The van der Waals surface area contributed by atoms with E-state index in [4.69, 9.17) is 9.47 Å². The van der Waals surface area contributed by atoms with Gasteiger partial charge in [0.2, 0.25) is 0 Å². The number of methoxy groups -OCH3 is 1. The lowest BCUT2D eigenvalue weighted by Gasteiger charge is -2.23. The van der Waals surface area contributed by atoms with Gasteiger partial charge >= 0.3 is 0 Å². The summed E-state index contributed by atoms with van der Waals surface area (Å²) in [6.07, 6.45) is 4.32. The van der Waals surface area contributed by atoms with Crippen LogP contribution < -0.4 is 9.47 Å². The van der Waals surface area contributed by atoms with Crippen LogP contribution in [0.3, 0.4) is 0 Å². The molecule has 1 heterocycles. The molecule has 1 aliphatic rings. The maximum Gasteiger partial charge on any atom is 0.127 e. The number of para-hydroxylation sites is 1.